The van der Waals surface area contributed by atoms with Crippen molar-refractivity contribution in [3.63, 3.8) is 0 Å². The molecule has 2 N–H and O–H groups in total. The average Bonchev–Trinajstić information content (AvgIpc) is 2.91. The third-order valence-corrected chi connectivity index (χ3v) is 2.81. The van der Waals surface area contributed by atoms with Crippen LogP contribution in [0.15, 0.2) is 18.9 Å². The van der Waals surface area contributed by atoms with E-state index in [9.17, 15) is 0 Å². The number of nitrogens with one attached hydrogen (secondary N) is 2. The molecule has 0 aliphatic heterocycles. The van der Waals surface area contributed by atoms with Crippen molar-refractivity contribution in [3.05, 3.63) is 24.5 Å². The molecule has 6 heteroatoms. The molecule has 0 aliphatic carbocycles. The molecule has 0 bridgehead atoms. The number of hydrogen-bond acceptors (Lipinski definition) is 4. The standard InChI is InChI=1S/C12H16N6/c1-12(2,3)17-5-8-4-13-11-9-10(15-6-14-9)16-7-18(8)11/h4,6-7,17H,5H2,1-3H3,(H,14,15). The molecule has 0 radical (unpaired) electrons. The molecule has 3 aromatic rings. The Kier molecular flexibility index (Phi) is 2.34. The van der Waals surface area contributed by atoms with Gasteiger partial charge in [0, 0.05) is 12.1 Å². The Labute approximate surface area is 104 Å². The predicted molar refractivity (Wildman–Crippen MR) is 69.2 cm³/mol. The maximum absolute atomic E-state index is 4.43. The van der Waals surface area contributed by atoms with E-state index in [1.165, 1.54) is 0 Å². The third kappa shape index (κ3) is 1.84. The van der Waals surface area contributed by atoms with Crippen molar-refractivity contribution in [2.45, 2.75) is 32.9 Å². The van der Waals surface area contributed by atoms with Crippen LogP contribution in [0.1, 0.15) is 26.5 Å². The van der Waals surface area contributed by atoms with Crippen molar-refractivity contribution >= 4 is 16.8 Å². The highest BCUT2D eigenvalue weighted by Crippen LogP contribution is 2.14. The lowest BCUT2D eigenvalue weighted by molar-refractivity contribution is 0.420. The maximum Gasteiger partial charge on any atom is 0.182 e. The van der Waals surface area contributed by atoms with Crippen LogP contribution >= 0.6 is 0 Å². The molecule has 0 unspecified atom stereocenters. The third-order valence-electron chi connectivity index (χ3n) is 2.81. The predicted octanol–water partition coefficient (Wildman–Crippen LogP) is 1.49. The van der Waals surface area contributed by atoms with Gasteiger partial charge in [-0.15, -0.1) is 0 Å². The molecule has 3 rings (SSSR count). The minimum absolute atomic E-state index is 0.0790. The number of fused-ring (bicyclic) bond motifs is 3. The van der Waals surface area contributed by atoms with E-state index in [-0.39, 0.29) is 5.54 Å². The Morgan fingerprint density at radius 1 is 1.28 bits per heavy atom. The zero-order valence-electron chi connectivity index (χ0n) is 10.7. The van der Waals surface area contributed by atoms with Gasteiger partial charge in [-0.2, -0.15) is 0 Å². The van der Waals surface area contributed by atoms with Crippen LogP contribution in [0, 0.1) is 0 Å². The van der Waals surface area contributed by atoms with Gasteiger partial charge in [0.05, 0.1) is 18.2 Å². The first-order chi connectivity index (χ1) is 8.54. The molecule has 0 spiro atoms. The summed E-state index contributed by atoms with van der Waals surface area (Å²) in [4.78, 5) is 15.9. The van der Waals surface area contributed by atoms with Gasteiger partial charge in [0.1, 0.15) is 11.8 Å². The Morgan fingerprint density at radius 3 is 2.89 bits per heavy atom. The van der Waals surface area contributed by atoms with Gasteiger partial charge in [0.15, 0.2) is 11.3 Å². The molecule has 0 aromatic carbocycles. The fourth-order valence-corrected chi connectivity index (χ4v) is 1.86. The van der Waals surface area contributed by atoms with Gasteiger partial charge >= 0.3 is 0 Å². The number of H-pyrrole nitrogens is 1. The number of nitrogens with zero attached hydrogens (tertiary/aromatic N) is 4. The average molecular weight is 244 g/mol. The molecule has 6 nitrogen and oxygen atoms in total. The van der Waals surface area contributed by atoms with Crippen LogP contribution in [0.3, 0.4) is 0 Å². The highest BCUT2D eigenvalue weighted by Gasteiger charge is 2.12. The topological polar surface area (TPSA) is 70.9 Å². The molecule has 3 heterocycles. The Morgan fingerprint density at radius 2 is 2.11 bits per heavy atom. The van der Waals surface area contributed by atoms with Gasteiger partial charge in [-0.1, -0.05) is 0 Å². The minimum atomic E-state index is 0.0790. The summed E-state index contributed by atoms with van der Waals surface area (Å²) in [5.41, 5.74) is 3.60. The van der Waals surface area contributed by atoms with Crippen LogP contribution in [0.4, 0.5) is 0 Å². The van der Waals surface area contributed by atoms with E-state index in [1.54, 1.807) is 12.7 Å². The smallest absolute Gasteiger partial charge is 0.182 e. The molecule has 0 atom stereocenters. The maximum atomic E-state index is 4.43. The number of aromatic nitrogens is 5. The molecule has 3 aromatic heterocycles. The number of imidazole rings is 2. The van der Waals surface area contributed by atoms with E-state index in [0.29, 0.717) is 5.65 Å². The first-order valence-corrected chi connectivity index (χ1v) is 5.94. The van der Waals surface area contributed by atoms with E-state index >= 15 is 0 Å². The minimum Gasteiger partial charge on any atom is -0.340 e. The molecule has 18 heavy (non-hydrogen) atoms. The summed E-state index contributed by atoms with van der Waals surface area (Å²) < 4.78 is 1.99. The van der Waals surface area contributed by atoms with Gasteiger partial charge in [-0.25, -0.2) is 15.0 Å². The van der Waals surface area contributed by atoms with Crippen molar-refractivity contribution in [1.82, 2.24) is 29.7 Å². The second-order valence-electron chi connectivity index (χ2n) is 5.39. The summed E-state index contributed by atoms with van der Waals surface area (Å²) in [6.07, 6.45) is 5.28. The number of rotatable bonds is 2. The second-order valence-corrected chi connectivity index (χ2v) is 5.39. The van der Waals surface area contributed by atoms with E-state index in [2.05, 4.69) is 46.0 Å². The van der Waals surface area contributed by atoms with E-state index < -0.39 is 0 Å². The van der Waals surface area contributed by atoms with Gasteiger partial charge in [-0.3, -0.25) is 4.40 Å². The molecule has 0 amide bonds. The van der Waals surface area contributed by atoms with Crippen LogP contribution in [0.2, 0.25) is 0 Å². The zero-order chi connectivity index (χ0) is 12.8. The van der Waals surface area contributed by atoms with Crippen molar-refractivity contribution < 1.29 is 0 Å². The molecule has 0 saturated carbocycles. The van der Waals surface area contributed by atoms with Crippen LogP contribution < -0.4 is 5.32 Å². The van der Waals surface area contributed by atoms with Crippen LogP contribution in [0.25, 0.3) is 16.8 Å². The second kappa shape index (κ2) is 3.78. The van der Waals surface area contributed by atoms with Gasteiger partial charge in [-0.05, 0) is 20.8 Å². The van der Waals surface area contributed by atoms with Gasteiger partial charge < -0.3 is 10.3 Å². The highest BCUT2D eigenvalue weighted by atomic mass is 15.1. The number of aromatic amines is 1. The summed E-state index contributed by atoms with van der Waals surface area (Å²) in [7, 11) is 0. The van der Waals surface area contributed by atoms with Gasteiger partial charge in [0.2, 0.25) is 0 Å². The Bertz CT molecular complexity index is 687. The molecule has 94 valence electrons. The van der Waals surface area contributed by atoms with E-state index in [0.717, 1.165) is 23.4 Å². The summed E-state index contributed by atoms with van der Waals surface area (Å²) in [6.45, 7) is 7.18. The van der Waals surface area contributed by atoms with Crippen molar-refractivity contribution in [3.8, 4) is 0 Å². The lowest BCUT2D eigenvalue weighted by Crippen LogP contribution is -2.35. The Hall–Kier alpha value is -1.95. The summed E-state index contributed by atoms with van der Waals surface area (Å²) in [6, 6.07) is 0. The quantitative estimate of drug-likeness (QED) is 0.716. The fourth-order valence-electron chi connectivity index (χ4n) is 1.86. The monoisotopic (exact) mass is 244 g/mol. The highest BCUT2D eigenvalue weighted by molar-refractivity contribution is 5.84. The summed E-state index contributed by atoms with van der Waals surface area (Å²) >= 11 is 0. The zero-order valence-corrected chi connectivity index (χ0v) is 10.7. The lowest BCUT2D eigenvalue weighted by Gasteiger charge is -2.20. The fraction of sp³-hybridized carbons (Fsp3) is 0.417. The van der Waals surface area contributed by atoms with Crippen molar-refractivity contribution in [2.75, 3.05) is 0 Å². The summed E-state index contributed by atoms with van der Waals surface area (Å²) in [5, 5.41) is 3.44. The largest absolute Gasteiger partial charge is 0.340 e. The molecular formula is C12H16N6. The molecule has 0 saturated heterocycles. The van der Waals surface area contributed by atoms with Gasteiger partial charge in [0.25, 0.3) is 0 Å². The van der Waals surface area contributed by atoms with Crippen LogP contribution in [-0.2, 0) is 6.54 Å². The molecular weight excluding hydrogens is 228 g/mol. The Balaban J connectivity index is 2.03. The van der Waals surface area contributed by atoms with Crippen molar-refractivity contribution in [2.24, 2.45) is 0 Å². The van der Waals surface area contributed by atoms with E-state index in [4.69, 9.17) is 0 Å². The first kappa shape index (κ1) is 11.2. The molecule has 0 aliphatic rings. The SMILES string of the molecule is CC(C)(C)NCc1cnc2c3[nH]cnc3ncn12. The van der Waals surface area contributed by atoms with E-state index in [1.807, 2.05) is 10.6 Å². The van der Waals surface area contributed by atoms with Crippen LogP contribution in [-0.4, -0.2) is 29.9 Å². The number of hydrogen-bond donors (Lipinski definition) is 2. The van der Waals surface area contributed by atoms with Crippen LogP contribution in [0.5, 0.6) is 0 Å². The lowest BCUT2D eigenvalue weighted by atomic mass is 10.1. The normalized spacial score (nSPS) is 12.6. The molecule has 0 fully saturated rings. The summed E-state index contributed by atoms with van der Waals surface area (Å²) in [5.74, 6) is 0. The van der Waals surface area contributed by atoms with Crippen molar-refractivity contribution in [1.29, 1.82) is 0 Å². The first-order valence-electron chi connectivity index (χ1n) is 5.94.